The Hall–Kier alpha value is -1.26. The Balaban J connectivity index is 2.74. The number of nitrogens with two attached hydrogens (primary N) is 1. The van der Waals surface area contributed by atoms with Crippen LogP contribution < -0.4 is 5.73 Å². The standard InChI is InChI=1S/C13H24N2O3/c1-12(2,3)18-11(17)15-7-6-9(10(14)16)8-13(15,4)5/h9H,6-8H2,1-5H3,(H2,14,16). The highest BCUT2D eigenvalue weighted by molar-refractivity contribution is 5.77. The Morgan fingerprint density at radius 3 is 2.28 bits per heavy atom. The molecule has 2 N–H and O–H groups in total. The minimum absolute atomic E-state index is 0.154. The number of hydrogen-bond donors (Lipinski definition) is 1. The normalized spacial score (nSPS) is 23.6. The molecule has 0 bridgehead atoms. The molecule has 0 saturated carbocycles. The molecule has 0 spiro atoms. The third kappa shape index (κ3) is 3.62. The molecule has 1 saturated heterocycles. The van der Waals surface area contributed by atoms with Crippen molar-refractivity contribution in [3.63, 3.8) is 0 Å². The maximum atomic E-state index is 12.1. The maximum absolute atomic E-state index is 12.1. The van der Waals surface area contributed by atoms with E-state index in [-0.39, 0.29) is 17.9 Å². The summed E-state index contributed by atoms with van der Waals surface area (Å²) in [4.78, 5) is 25.0. The fourth-order valence-corrected chi connectivity index (χ4v) is 2.30. The average Bonchev–Trinajstić information content (AvgIpc) is 2.12. The van der Waals surface area contributed by atoms with Gasteiger partial charge in [0, 0.05) is 18.0 Å². The number of hydrogen-bond acceptors (Lipinski definition) is 3. The van der Waals surface area contributed by atoms with Crippen LogP contribution in [0.15, 0.2) is 0 Å². The molecule has 0 aromatic rings. The van der Waals surface area contributed by atoms with E-state index in [4.69, 9.17) is 10.5 Å². The maximum Gasteiger partial charge on any atom is 0.410 e. The molecule has 0 aliphatic carbocycles. The van der Waals surface area contributed by atoms with Crippen LogP contribution in [0.4, 0.5) is 4.79 Å². The van der Waals surface area contributed by atoms with E-state index < -0.39 is 11.1 Å². The van der Waals surface area contributed by atoms with E-state index in [1.54, 1.807) is 4.90 Å². The van der Waals surface area contributed by atoms with Gasteiger partial charge in [0.1, 0.15) is 5.60 Å². The predicted octanol–water partition coefficient (Wildman–Crippen LogP) is 1.90. The van der Waals surface area contributed by atoms with E-state index in [2.05, 4.69) is 0 Å². The fraction of sp³-hybridized carbons (Fsp3) is 0.846. The molecule has 18 heavy (non-hydrogen) atoms. The molecular weight excluding hydrogens is 232 g/mol. The molecule has 1 atom stereocenters. The molecule has 1 rings (SSSR count). The summed E-state index contributed by atoms with van der Waals surface area (Å²) in [5.74, 6) is -0.439. The van der Waals surface area contributed by atoms with Crippen LogP contribution in [0.5, 0.6) is 0 Å². The van der Waals surface area contributed by atoms with Crippen molar-refractivity contribution in [3.8, 4) is 0 Å². The number of rotatable bonds is 1. The van der Waals surface area contributed by atoms with Gasteiger partial charge in [-0.25, -0.2) is 4.79 Å². The molecule has 1 fully saturated rings. The van der Waals surface area contributed by atoms with Gasteiger partial charge >= 0.3 is 6.09 Å². The van der Waals surface area contributed by atoms with Crippen LogP contribution in [0.2, 0.25) is 0 Å². The van der Waals surface area contributed by atoms with Crippen molar-refractivity contribution in [2.45, 2.75) is 58.6 Å². The van der Waals surface area contributed by atoms with Crippen molar-refractivity contribution in [2.24, 2.45) is 11.7 Å². The van der Waals surface area contributed by atoms with Crippen molar-refractivity contribution < 1.29 is 14.3 Å². The minimum atomic E-state index is -0.506. The van der Waals surface area contributed by atoms with E-state index in [1.807, 2.05) is 34.6 Å². The minimum Gasteiger partial charge on any atom is -0.444 e. The number of nitrogens with zero attached hydrogens (tertiary/aromatic N) is 1. The third-order valence-corrected chi connectivity index (χ3v) is 3.19. The Bertz CT molecular complexity index is 345. The largest absolute Gasteiger partial charge is 0.444 e. The van der Waals surface area contributed by atoms with Crippen LogP contribution in [0.25, 0.3) is 0 Å². The first-order valence-corrected chi connectivity index (χ1v) is 6.33. The Kier molecular flexibility index (Phi) is 3.93. The molecule has 0 aromatic carbocycles. The topological polar surface area (TPSA) is 72.6 Å². The van der Waals surface area contributed by atoms with Crippen LogP contribution in [-0.2, 0) is 9.53 Å². The summed E-state index contributed by atoms with van der Waals surface area (Å²) >= 11 is 0. The highest BCUT2D eigenvalue weighted by atomic mass is 16.6. The van der Waals surface area contributed by atoms with E-state index in [9.17, 15) is 9.59 Å². The average molecular weight is 256 g/mol. The van der Waals surface area contributed by atoms with Gasteiger partial charge in [0.05, 0.1) is 0 Å². The Morgan fingerprint density at radius 2 is 1.89 bits per heavy atom. The van der Waals surface area contributed by atoms with Crippen LogP contribution in [0, 0.1) is 5.92 Å². The summed E-state index contributed by atoms with van der Waals surface area (Å²) in [6.07, 6.45) is 0.870. The lowest BCUT2D eigenvalue weighted by Crippen LogP contribution is -2.55. The second-order valence-electron chi connectivity index (χ2n) is 6.54. The molecular formula is C13H24N2O3. The van der Waals surface area contributed by atoms with Crippen LogP contribution in [-0.4, -0.2) is 34.6 Å². The lowest BCUT2D eigenvalue weighted by Gasteiger charge is -2.44. The van der Waals surface area contributed by atoms with E-state index in [0.29, 0.717) is 19.4 Å². The summed E-state index contributed by atoms with van der Waals surface area (Å²) in [6.45, 7) is 9.91. The van der Waals surface area contributed by atoms with Crippen LogP contribution in [0.3, 0.4) is 0 Å². The first kappa shape index (κ1) is 14.8. The summed E-state index contributed by atoms with van der Waals surface area (Å²) in [5.41, 5.74) is 4.43. The number of carbonyl (C=O) groups is 2. The molecule has 0 aromatic heterocycles. The summed E-state index contributed by atoms with van der Waals surface area (Å²) in [6, 6.07) is 0. The highest BCUT2D eigenvalue weighted by Gasteiger charge is 2.41. The summed E-state index contributed by atoms with van der Waals surface area (Å²) in [7, 11) is 0. The molecule has 1 aliphatic rings. The van der Waals surface area contributed by atoms with Crippen molar-refractivity contribution in [3.05, 3.63) is 0 Å². The zero-order chi connectivity index (χ0) is 14.1. The van der Waals surface area contributed by atoms with Gasteiger partial charge < -0.3 is 15.4 Å². The number of piperidine rings is 1. The Labute approximate surface area is 109 Å². The first-order chi connectivity index (χ1) is 8.03. The van der Waals surface area contributed by atoms with Gasteiger partial charge in [-0.3, -0.25) is 4.79 Å². The zero-order valence-electron chi connectivity index (χ0n) is 11.9. The molecule has 5 nitrogen and oxygen atoms in total. The quantitative estimate of drug-likeness (QED) is 0.778. The zero-order valence-corrected chi connectivity index (χ0v) is 11.9. The van der Waals surface area contributed by atoms with Gasteiger partial charge in [-0.15, -0.1) is 0 Å². The van der Waals surface area contributed by atoms with Crippen LogP contribution in [0.1, 0.15) is 47.5 Å². The Morgan fingerprint density at radius 1 is 1.33 bits per heavy atom. The van der Waals surface area contributed by atoms with Gasteiger partial charge in [0.15, 0.2) is 0 Å². The number of ether oxygens (including phenoxy) is 1. The van der Waals surface area contributed by atoms with Crippen LogP contribution >= 0.6 is 0 Å². The fourth-order valence-electron chi connectivity index (χ4n) is 2.30. The van der Waals surface area contributed by atoms with Gasteiger partial charge in [0.25, 0.3) is 0 Å². The molecule has 5 heteroatoms. The number of amides is 2. The smallest absolute Gasteiger partial charge is 0.410 e. The van der Waals surface area contributed by atoms with Gasteiger partial charge in [-0.2, -0.15) is 0 Å². The van der Waals surface area contributed by atoms with Crippen molar-refractivity contribution in [1.29, 1.82) is 0 Å². The monoisotopic (exact) mass is 256 g/mol. The molecule has 1 heterocycles. The molecule has 104 valence electrons. The number of likely N-dealkylation sites (tertiary alicyclic amines) is 1. The summed E-state index contributed by atoms with van der Waals surface area (Å²) in [5, 5.41) is 0. The van der Waals surface area contributed by atoms with Crippen molar-refractivity contribution in [2.75, 3.05) is 6.54 Å². The molecule has 2 amide bonds. The van der Waals surface area contributed by atoms with Gasteiger partial charge in [-0.1, -0.05) is 0 Å². The molecule has 1 unspecified atom stereocenters. The van der Waals surface area contributed by atoms with Crippen molar-refractivity contribution in [1.82, 2.24) is 4.90 Å². The number of carbonyl (C=O) groups excluding carboxylic acids is 2. The third-order valence-electron chi connectivity index (χ3n) is 3.19. The highest BCUT2D eigenvalue weighted by Crippen LogP contribution is 2.32. The second-order valence-corrected chi connectivity index (χ2v) is 6.54. The molecule has 1 aliphatic heterocycles. The second kappa shape index (κ2) is 4.78. The lowest BCUT2D eigenvalue weighted by molar-refractivity contribution is -0.125. The molecule has 0 radical (unpaired) electrons. The lowest BCUT2D eigenvalue weighted by atomic mass is 9.82. The van der Waals surface area contributed by atoms with Gasteiger partial charge in [0.2, 0.25) is 5.91 Å². The number of primary amides is 1. The SMILES string of the molecule is CC(C)(C)OC(=O)N1CCC(C(N)=O)CC1(C)C. The first-order valence-electron chi connectivity index (χ1n) is 6.33. The van der Waals surface area contributed by atoms with E-state index >= 15 is 0 Å². The predicted molar refractivity (Wildman–Crippen MR) is 68.9 cm³/mol. The van der Waals surface area contributed by atoms with Gasteiger partial charge in [-0.05, 0) is 47.5 Å². The van der Waals surface area contributed by atoms with Crippen molar-refractivity contribution >= 4 is 12.0 Å². The van der Waals surface area contributed by atoms with E-state index in [1.165, 1.54) is 0 Å². The van der Waals surface area contributed by atoms with E-state index in [0.717, 1.165) is 0 Å². The summed E-state index contributed by atoms with van der Waals surface area (Å²) < 4.78 is 5.38.